The van der Waals surface area contributed by atoms with E-state index < -0.39 is 0 Å². The molecule has 0 spiro atoms. The highest BCUT2D eigenvalue weighted by Gasteiger charge is 1.93. The molecule has 1 aromatic carbocycles. The van der Waals surface area contributed by atoms with E-state index in [4.69, 9.17) is 0 Å². The highest BCUT2D eigenvalue weighted by Crippen LogP contribution is 2.07. The van der Waals surface area contributed by atoms with Crippen LogP contribution in [0.5, 0.6) is 0 Å². The van der Waals surface area contributed by atoms with E-state index in [1.54, 1.807) is 0 Å². The van der Waals surface area contributed by atoms with E-state index >= 15 is 0 Å². The molecule has 0 aliphatic rings. The van der Waals surface area contributed by atoms with E-state index in [0.717, 1.165) is 17.7 Å². The molecule has 0 bridgehead atoms. The Kier molecular flexibility index (Phi) is 4.69. The van der Waals surface area contributed by atoms with Crippen molar-refractivity contribution in [2.24, 2.45) is 0 Å². The van der Waals surface area contributed by atoms with Crippen LogP contribution in [0.3, 0.4) is 0 Å². The normalized spacial score (nSPS) is 9.79. The maximum Gasteiger partial charge on any atom is 0.136 e. The first-order valence-corrected chi connectivity index (χ1v) is 6.69. The molecule has 0 fully saturated rings. The van der Waals surface area contributed by atoms with Crippen molar-refractivity contribution in [2.45, 2.75) is 33.1 Å². The molecular weight excluding hydrogens is 232 g/mol. The second-order valence-corrected chi connectivity index (χ2v) is 4.61. The van der Waals surface area contributed by atoms with Crippen molar-refractivity contribution in [2.75, 3.05) is 0 Å². The molecule has 0 aliphatic carbocycles. The standard InChI is InChI=1S/C17H18N2/c1-3-4-5-15-7-9-16(10-8-15)11-13-17-12-6-14(2)18-19-17/h6-10,12H,3-5H2,1-2H3. The smallest absolute Gasteiger partial charge is 0.136 e. The molecule has 1 heterocycles. The van der Waals surface area contributed by atoms with Crippen LogP contribution >= 0.6 is 0 Å². The van der Waals surface area contributed by atoms with E-state index in [-0.39, 0.29) is 0 Å². The zero-order valence-corrected chi connectivity index (χ0v) is 11.5. The van der Waals surface area contributed by atoms with Crippen LogP contribution in [-0.2, 0) is 6.42 Å². The fourth-order valence-electron chi connectivity index (χ4n) is 1.74. The molecule has 0 aliphatic heterocycles. The summed E-state index contributed by atoms with van der Waals surface area (Å²) >= 11 is 0. The molecule has 2 heteroatoms. The van der Waals surface area contributed by atoms with Crippen molar-refractivity contribution in [3.8, 4) is 11.8 Å². The summed E-state index contributed by atoms with van der Waals surface area (Å²) in [5, 5.41) is 8.01. The van der Waals surface area contributed by atoms with E-state index in [1.165, 1.54) is 18.4 Å². The van der Waals surface area contributed by atoms with Crippen LogP contribution < -0.4 is 0 Å². The van der Waals surface area contributed by atoms with Crippen molar-refractivity contribution in [1.82, 2.24) is 10.2 Å². The van der Waals surface area contributed by atoms with Gasteiger partial charge < -0.3 is 0 Å². The fourth-order valence-corrected chi connectivity index (χ4v) is 1.74. The van der Waals surface area contributed by atoms with Gasteiger partial charge in [-0.3, -0.25) is 0 Å². The van der Waals surface area contributed by atoms with E-state index in [2.05, 4.69) is 53.2 Å². The summed E-state index contributed by atoms with van der Waals surface area (Å²) < 4.78 is 0. The molecule has 0 unspecified atom stereocenters. The van der Waals surface area contributed by atoms with E-state index in [9.17, 15) is 0 Å². The highest BCUT2D eigenvalue weighted by atomic mass is 15.1. The lowest BCUT2D eigenvalue weighted by Gasteiger charge is -1.99. The number of hydrogen-bond donors (Lipinski definition) is 0. The molecule has 0 radical (unpaired) electrons. The minimum atomic E-state index is 0.709. The molecule has 2 aromatic rings. The summed E-state index contributed by atoms with van der Waals surface area (Å²) in [6.07, 6.45) is 3.62. The molecule has 0 saturated carbocycles. The van der Waals surface area contributed by atoms with Crippen LogP contribution in [0, 0.1) is 18.8 Å². The van der Waals surface area contributed by atoms with Crippen LogP contribution in [0.15, 0.2) is 36.4 Å². The van der Waals surface area contributed by atoms with Crippen molar-refractivity contribution in [3.63, 3.8) is 0 Å². The fraction of sp³-hybridized carbons (Fsp3) is 0.294. The van der Waals surface area contributed by atoms with Gasteiger partial charge in [-0.15, -0.1) is 5.10 Å². The van der Waals surface area contributed by atoms with Crippen molar-refractivity contribution in [1.29, 1.82) is 0 Å². The zero-order chi connectivity index (χ0) is 13.5. The third kappa shape index (κ3) is 4.22. The van der Waals surface area contributed by atoms with Gasteiger partial charge in [0.15, 0.2) is 0 Å². The average Bonchev–Trinajstić information content (AvgIpc) is 2.46. The predicted octanol–water partition coefficient (Wildman–Crippen LogP) is 3.53. The maximum absolute atomic E-state index is 4.03. The predicted molar refractivity (Wildman–Crippen MR) is 77.8 cm³/mol. The van der Waals surface area contributed by atoms with Crippen molar-refractivity contribution >= 4 is 0 Å². The Bertz CT molecular complexity index is 571. The summed E-state index contributed by atoms with van der Waals surface area (Å²) in [4.78, 5) is 0. The van der Waals surface area contributed by atoms with Gasteiger partial charge in [0.2, 0.25) is 0 Å². The van der Waals surface area contributed by atoms with Gasteiger partial charge >= 0.3 is 0 Å². The number of hydrogen-bond acceptors (Lipinski definition) is 2. The number of unbranched alkanes of at least 4 members (excludes halogenated alkanes) is 1. The molecule has 0 amide bonds. The summed E-state index contributed by atoms with van der Waals surface area (Å²) in [6, 6.07) is 12.3. The van der Waals surface area contributed by atoms with Gasteiger partial charge in [0.1, 0.15) is 5.69 Å². The van der Waals surface area contributed by atoms with Gasteiger partial charge in [-0.25, -0.2) is 0 Å². The third-order valence-electron chi connectivity index (χ3n) is 2.91. The number of rotatable bonds is 3. The molecule has 2 nitrogen and oxygen atoms in total. The average molecular weight is 250 g/mol. The quantitative estimate of drug-likeness (QED) is 0.779. The third-order valence-corrected chi connectivity index (χ3v) is 2.91. The first-order chi connectivity index (χ1) is 9.28. The van der Waals surface area contributed by atoms with Gasteiger partial charge in [0.05, 0.1) is 5.69 Å². The van der Waals surface area contributed by atoms with Crippen LogP contribution in [0.2, 0.25) is 0 Å². The minimum Gasteiger partial charge on any atom is -0.155 e. The van der Waals surface area contributed by atoms with Crippen molar-refractivity contribution < 1.29 is 0 Å². The van der Waals surface area contributed by atoms with E-state index in [1.807, 2.05) is 19.1 Å². The second kappa shape index (κ2) is 6.70. The van der Waals surface area contributed by atoms with Crippen molar-refractivity contribution in [3.05, 3.63) is 58.9 Å². The van der Waals surface area contributed by atoms with Crippen LogP contribution in [-0.4, -0.2) is 10.2 Å². The van der Waals surface area contributed by atoms with Gasteiger partial charge in [-0.2, -0.15) is 5.10 Å². The van der Waals surface area contributed by atoms with Gasteiger partial charge in [0, 0.05) is 5.56 Å². The molecule has 0 atom stereocenters. The number of aromatic nitrogens is 2. The van der Waals surface area contributed by atoms with Crippen LogP contribution in [0.4, 0.5) is 0 Å². The Labute approximate surface area is 114 Å². The first kappa shape index (κ1) is 13.3. The molecule has 0 N–H and O–H groups in total. The van der Waals surface area contributed by atoms with Gasteiger partial charge in [0.25, 0.3) is 0 Å². The molecule has 1 aromatic heterocycles. The van der Waals surface area contributed by atoms with E-state index in [0.29, 0.717) is 5.69 Å². The van der Waals surface area contributed by atoms with Gasteiger partial charge in [-0.1, -0.05) is 31.4 Å². The van der Waals surface area contributed by atoms with Crippen LogP contribution in [0.25, 0.3) is 0 Å². The lowest BCUT2D eigenvalue weighted by molar-refractivity contribution is 0.795. The Hall–Kier alpha value is -2.14. The second-order valence-electron chi connectivity index (χ2n) is 4.61. The Morgan fingerprint density at radius 3 is 2.37 bits per heavy atom. The molecule has 0 saturated heterocycles. The summed E-state index contributed by atoms with van der Waals surface area (Å²) in [5.74, 6) is 6.14. The summed E-state index contributed by atoms with van der Waals surface area (Å²) in [6.45, 7) is 4.13. The highest BCUT2D eigenvalue weighted by molar-refractivity contribution is 5.40. The number of aryl methyl sites for hydroxylation is 2. The molecular formula is C17H18N2. The van der Waals surface area contributed by atoms with Crippen LogP contribution in [0.1, 0.15) is 42.3 Å². The largest absolute Gasteiger partial charge is 0.155 e. The monoisotopic (exact) mass is 250 g/mol. The Balaban J connectivity index is 2.05. The Morgan fingerprint density at radius 1 is 0.947 bits per heavy atom. The lowest BCUT2D eigenvalue weighted by Crippen LogP contribution is -1.89. The topological polar surface area (TPSA) is 25.8 Å². The maximum atomic E-state index is 4.03. The molecule has 19 heavy (non-hydrogen) atoms. The molecule has 96 valence electrons. The summed E-state index contributed by atoms with van der Waals surface area (Å²) in [5.41, 5.74) is 4.01. The minimum absolute atomic E-state index is 0.709. The lowest BCUT2D eigenvalue weighted by atomic mass is 10.1. The first-order valence-electron chi connectivity index (χ1n) is 6.69. The number of nitrogens with zero attached hydrogens (tertiary/aromatic N) is 2. The SMILES string of the molecule is CCCCc1ccc(C#Cc2ccc(C)nn2)cc1. The Morgan fingerprint density at radius 2 is 1.74 bits per heavy atom. The number of benzene rings is 1. The summed E-state index contributed by atoms with van der Waals surface area (Å²) in [7, 11) is 0. The van der Waals surface area contributed by atoms with Gasteiger partial charge in [-0.05, 0) is 55.5 Å². The zero-order valence-electron chi connectivity index (χ0n) is 11.5. The molecule has 2 rings (SSSR count).